The summed E-state index contributed by atoms with van der Waals surface area (Å²) in [7, 11) is 0. The van der Waals surface area contributed by atoms with Crippen LogP contribution in [0.15, 0.2) is 47.4 Å². The van der Waals surface area contributed by atoms with E-state index in [0.29, 0.717) is 8.59 Å². The molecule has 2 rings (SSSR count). The average molecular weight is 472 g/mol. The molecule has 0 aliphatic rings. The van der Waals surface area contributed by atoms with Crippen LogP contribution >= 0.6 is 46.0 Å². The molecule has 0 fully saturated rings. The first-order valence-electron chi connectivity index (χ1n) is 6.30. The van der Waals surface area contributed by atoms with Crippen LogP contribution in [0.2, 0.25) is 5.02 Å². The molecule has 1 N–H and O–H groups in total. The normalized spacial score (nSPS) is 11.3. The molecule has 2 nitrogen and oxygen atoms in total. The standard InChI is InChI=1S/C15H10ClF3INOS/c16-9-1-4-11(5-2-9)23-8-14(22)21-13-6-3-10(20)7-12(13)15(17,18)19/h1-7H,8H2,(H,21,22). The van der Waals surface area contributed by atoms with Crippen LogP contribution in [0.25, 0.3) is 0 Å². The minimum Gasteiger partial charge on any atom is -0.325 e. The molecule has 2 aromatic carbocycles. The van der Waals surface area contributed by atoms with E-state index in [0.717, 1.165) is 11.0 Å². The molecule has 0 saturated heterocycles. The Hall–Kier alpha value is -0.930. The van der Waals surface area contributed by atoms with Gasteiger partial charge >= 0.3 is 6.18 Å². The highest BCUT2D eigenvalue weighted by Crippen LogP contribution is 2.36. The molecule has 0 atom stereocenters. The van der Waals surface area contributed by atoms with Crippen LogP contribution in [0.3, 0.4) is 0 Å². The van der Waals surface area contributed by atoms with E-state index in [9.17, 15) is 18.0 Å². The molecule has 0 radical (unpaired) electrons. The number of nitrogens with one attached hydrogen (secondary N) is 1. The van der Waals surface area contributed by atoms with E-state index >= 15 is 0 Å². The van der Waals surface area contributed by atoms with Crippen LogP contribution in [0.4, 0.5) is 18.9 Å². The third-order valence-electron chi connectivity index (χ3n) is 2.74. The molecule has 2 aromatic rings. The highest BCUT2D eigenvalue weighted by atomic mass is 127. The summed E-state index contributed by atoms with van der Waals surface area (Å²) in [6.45, 7) is 0. The Balaban J connectivity index is 2.04. The smallest absolute Gasteiger partial charge is 0.325 e. The summed E-state index contributed by atoms with van der Waals surface area (Å²) in [5, 5.41) is 2.89. The fourth-order valence-corrected chi connectivity index (χ4v) is 3.04. The number of alkyl halides is 3. The fraction of sp³-hybridized carbons (Fsp3) is 0.133. The molecule has 0 unspecified atom stereocenters. The lowest BCUT2D eigenvalue weighted by Gasteiger charge is -2.14. The summed E-state index contributed by atoms with van der Waals surface area (Å²) >= 11 is 8.77. The predicted molar refractivity (Wildman–Crippen MR) is 95.0 cm³/mol. The summed E-state index contributed by atoms with van der Waals surface area (Å²) in [5.41, 5.74) is -1.09. The number of hydrogen-bond donors (Lipinski definition) is 1. The highest BCUT2D eigenvalue weighted by molar-refractivity contribution is 14.1. The fourth-order valence-electron chi connectivity index (χ4n) is 1.73. The van der Waals surface area contributed by atoms with Gasteiger partial charge in [-0.15, -0.1) is 11.8 Å². The summed E-state index contributed by atoms with van der Waals surface area (Å²) in [5.74, 6) is -0.498. The lowest BCUT2D eigenvalue weighted by Crippen LogP contribution is -2.18. The van der Waals surface area contributed by atoms with Gasteiger partial charge in [0.2, 0.25) is 5.91 Å². The van der Waals surface area contributed by atoms with Gasteiger partial charge in [0.15, 0.2) is 0 Å². The van der Waals surface area contributed by atoms with Crippen molar-refractivity contribution in [1.29, 1.82) is 0 Å². The van der Waals surface area contributed by atoms with Crippen LogP contribution in [-0.2, 0) is 11.0 Å². The van der Waals surface area contributed by atoms with Crippen molar-refractivity contribution in [2.75, 3.05) is 11.1 Å². The Morgan fingerprint density at radius 3 is 2.43 bits per heavy atom. The first kappa shape index (κ1) is 18.4. The van der Waals surface area contributed by atoms with Crippen molar-refractivity contribution in [3.8, 4) is 0 Å². The Morgan fingerprint density at radius 2 is 1.83 bits per heavy atom. The van der Waals surface area contributed by atoms with Gasteiger partial charge in [0.05, 0.1) is 17.0 Å². The zero-order valence-electron chi connectivity index (χ0n) is 11.5. The summed E-state index contributed by atoms with van der Waals surface area (Å²) in [6.07, 6.45) is -4.52. The van der Waals surface area contributed by atoms with Gasteiger partial charge in [-0.05, 0) is 65.1 Å². The third kappa shape index (κ3) is 5.58. The number of hydrogen-bond acceptors (Lipinski definition) is 2. The number of carbonyl (C=O) groups excluding carboxylic acids is 1. The number of thioether (sulfide) groups is 1. The van der Waals surface area contributed by atoms with Crippen molar-refractivity contribution in [2.24, 2.45) is 0 Å². The van der Waals surface area contributed by atoms with E-state index in [2.05, 4.69) is 5.32 Å². The molecule has 0 aromatic heterocycles. The maximum absolute atomic E-state index is 13.0. The minimum absolute atomic E-state index is 0.00488. The van der Waals surface area contributed by atoms with Gasteiger partial charge < -0.3 is 5.32 Å². The SMILES string of the molecule is O=C(CSc1ccc(Cl)cc1)Nc1ccc(I)cc1C(F)(F)F. The zero-order valence-corrected chi connectivity index (χ0v) is 15.2. The van der Waals surface area contributed by atoms with E-state index in [-0.39, 0.29) is 11.4 Å². The highest BCUT2D eigenvalue weighted by Gasteiger charge is 2.34. The van der Waals surface area contributed by atoms with Crippen molar-refractivity contribution in [1.82, 2.24) is 0 Å². The van der Waals surface area contributed by atoms with Crippen molar-refractivity contribution in [3.63, 3.8) is 0 Å². The molecule has 0 saturated carbocycles. The average Bonchev–Trinajstić information content (AvgIpc) is 2.47. The molecule has 0 spiro atoms. The third-order valence-corrected chi connectivity index (χ3v) is 4.68. The minimum atomic E-state index is -4.52. The molecular weight excluding hydrogens is 462 g/mol. The molecule has 0 bridgehead atoms. The van der Waals surface area contributed by atoms with E-state index in [4.69, 9.17) is 11.6 Å². The molecular formula is C15H10ClF3INOS. The molecule has 8 heteroatoms. The number of rotatable bonds is 4. The van der Waals surface area contributed by atoms with E-state index in [1.165, 1.54) is 23.9 Å². The van der Waals surface area contributed by atoms with Crippen LogP contribution in [0, 0.1) is 3.57 Å². The van der Waals surface area contributed by atoms with Gasteiger partial charge in [0, 0.05) is 13.5 Å². The van der Waals surface area contributed by atoms with Gasteiger partial charge in [-0.1, -0.05) is 11.6 Å². The van der Waals surface area contributed by atoms with Crippen LogP contribution < -0.4 is 5.32 Å². The monoisotopic (exact) mass is 471 g/mol. The Kier molecular flexibility index (Phi) is 6.21. The Morgan fingerprint density at radius 1 is 1.17 bits per heavy atom. The van der Waals surface area contributed by atoms with Crippen LogP contribution in [-0.4, -0.2) is 11.7 Å². The van der Waals surface area contributed by atoms with Crippen molar-refractivity contribution in [3.05, 3.63) is 56.6 Å². The number of amides is 1. The van der Waals surface area contributed by atoms with Crippen LogP contribution in [0.1, 0.15) is 5.56 Å². The molecule has 0 aliphatic heterocycles. The zero-order chi connectivity index (χ0) is 17.0. The van der Waals surface area contributed by atoms with Crippen molar-refractivity contribution < 1.29 is 18.0 Å². The first-order chi connectivity index (χ1) is 10.8. The summed E-state index contributed by atoms with van der Waals surface area (Å²) in [4.78, 5) is 12.7. The van der Waals surface area contributed by atoms with Crippen LogP contribution in [0.5, 0.6) is 0 Å². The number of carbonyl (C=O) groups is 1. The first-order valence-corrected chi connectivity index (χ1v) is 8.75. The Bertz CT molecular complexity index is 707. The van der Waals surface area contributed by atoms with Gasteiger partial charge in [0.1, 0.15) is 0 Å². The molecule has 23 heavy (non-hydrogen) atoms. The Labute approximate surface area is 153 Å². The number of anilines is 1. The summed E-state index contributed by atoms with van der Waals surface area (Å²) < 4.78 is 39.4. The quantitative estimate of drug-likeness (QED) is 0.458. The van der Waals surface area contributed by atoms with E-state index in [1.807, 2.05) is 0 Å². The largest absolute Gasteiger partial charge is 0.418 e. The molecule has 0 heterocycles. The number of benzene rings is 2. The van der Waals surface area contributed by atoms with Crippen molar-refractivity contribution >= 4 is 57.5 Å². The van der Waals surface area contributed by atoms with E-state index < -0.39 is 17.6 Å². The maximum Gasteiger partial charge on any atom is 0.418 e. The second kappa shape index (κ2) is 7.76. The second-order valence-corrected chi connectivity index (χ2v) is 7.21. The van der Waals surface area contributed by atoms with Gasteiger partial charge in [0.25, 0.3) is 0 Å². The molecule has 0 aliphatic carbocycles. The second-order valence-electron chi connectivity index (χ2n) is 4.48. The summed E-state index contributed by atoms with van der Waals surface area (Å²) in [6, 6.07) is 10.6. The lowest BCUT2D eigenvalue weighted by atomic mass is 10.1. The topological polar surface area (TPSA) is 29.1 Å². The maximum atomic E-state index is 13.0. The van der Waals surface area contributed by atoms with Crippen molar-refractivity contribution in [2.45, 2.75) is 11.1 Å². The number of halogens is 5. The van der Waals surface area contributed by atoms with E-state index in [1.54, 1.807) is 46.9 Å². The predicted octanol–water partition coefficient (Wildman–Crippen LogP) is 5.69. The molecule has 122 valence electrons. The van der Waals surface area contributed by atoms with Gasteiger partial charge in [-0.3, -0.25) is 4.79 Å². The molecule has 1 amide bonds. The van der Waals surface area contributed by atoms with Gasteiger partial charge in [-0.25, -0.2) is 0 Å². The van der Waals surface area contributed by atoms with Gasteiger partial charge in [-0.2, -0.15) is 13.2 Å². The lowest BCUT2D eigenvalue weighted by molar-refractivity contribution is -0.137.